The maximum absolute atomic E-state index is 11.6. The third kappa shape index (κ3) is 1.12. The first kappa shape index (κ1) is 8.23. The topological polar surface area (TPSA) is 50.7 Å². The highest BCUT2D eigenvalue weighted by Gasteiger charge is 2.27. The molecule has 1 aliphatic rings. The molecule has 0 radical (unpaired) electrons. The number of nitrogens with zero attached hydrogens (tertiary/aromatic N) is 2. The molecule has 0 spiro atoms. The molecule has 2 aromatic rings. The lowest BCUT2D eigenvalue weighted by Gasteiger charge is -1.97. The van der Waals surface area contributed by atoms with Crippen molar-refractivity contribution in [2.45, 2.75) is 18.9 Å². The molecule has 3 rings (SSSR count). The maximum atomic E-state index is 11.6. The molecular weight excluding hydrogens is 246 g/mol. The number of nitrogens with one attached hydrogen (secondary N) is 1. The van der Waals surface area contributed by atoms with Crippen molar-refractivity contribution >= 4 is 27.1 Å². The summed E-state index contributed by atoms with van der Waals surface area (Å²) in [4.78, 5) is 18.6. The number of hydrogen-bond acceptors (Lipinski definition) is 2. The SMILES string of the molecule is O=c1[nH]c2cc(Br)cnc2n1C1CC1. The molecule has 72 valence electrons. The van der Waals surface area contributed by atoms with E-state index in [1.807, 2.05) is 6.07 Å². The predicted molar refractivity (Wildman–Crippen MR) is 56.3 cm³/mol. The highest BCUT2D eigenvalue weighted by Crippen LogP contribution is 2.35. The van der Waals surface area contributed by atoms with Crippen LogP contribution < -0.4 is 5.69 Å². The van der Waals surface area contributed by atoms with Crippen LogP contribution in [0.3, 0.4) is 0 Å². The molecule has 5 heteroatoms. The molecule has 0 aliphatic heterocycles. The van der Waals surface area contributed by atoms with Crippen molar-refractivity contribution in [2.24, 2.45) is 0 Å². The number of imidazole rings is 1. The van der Waals surface area contributed by atoms with Gasteiger partial charge in [0.15, 0.2) is 5.65 Å². The number of aromatic nitrogens is 3. The third-order valence-corrected chi connectivity index (χ3v) is 2.87. The Morgan fingerprint density at radius 3 is 3.07 bits per heavy atom. The summed E-state index contributed by atoms with van der Waals surface area (Å²) in [6.07, 6.45) is 3.89. The number of hydrogen-bond donors (Lipinski definition) is 1. The van der Waals surface area contributed by atoms with E-state index in [-0.39, 0.29) is 5.69 Å². The second kappa shape index (κ2) is 2.70. The lowest BCUT2D eigenvalue weighted by Crippen LogP contribution is -2.15. The molecule has 0 bridgehead atoms. The molecular formula is C9H8BrN3O. The minimum atomic E-state index is -0.0481. The van der Waals surface area contributed by atoms with Gasteiger partial charge in [-0.2, -0.15) is 0 Å². The highest BCUT2D eigenvalue weighted by atomic mass is 79.9. The van der Waals surface area contributed by atoms with Gasteiger partial charge in [-0.1, -0.05) is 0 Å². The summed E-state index contributed by atoms with van der Waals surface area (Å²) in [5, 5.41) is 0. The fraction of sp³-hybridized carbons (Fsp3) is 0.333. The number of fused-ring (bicyclic) bond motifs is 1. The van der Waals surface area contributed by atoms with Gasteiger partial charge in [-0.05, 0) is 34.8 Å². The van der Waals surface area contributed by atoms with Crippen molar-refractivity contribution in [3.63, 3.8) is 0 Å². The van der Waals surface area contributed by atoms with Crippen LogP contribution in [0.4, 0.5) is 0 Å². The molecule has 2 heterocycles. The van der Waals surface area contributed by atoms with Crippen LogP contribution in [0.5, 0.6) is 0 Å². The van der Waals surface area contributed by atoms with Crippen molar-refractivity contribution in [3.05, 3.63) is 27.2 Å². The lowest BCUT2D eigenvalue weighted by atomic mass is 10.4. The molecule has 0 aromatic carbocycles. The Hall–Kier alpha value is -1.10. The Bertz CT molecular complexity index is 553. The van der Waals surface area contributed by atoms with E-state index in [2.05, 4.69) is 25.9 Å². The summed E-state index contributed by atoms with van der Waals surface area (Å²) < 4.78 is 2.64. The molecule has 0 saturated heterocycles. The van der Waals surface area contributed by atoms with Crippen LogP contribution in [0.1, 0.15) is 18.9 Å². The largest absolute Gasteiger partial charge is 0.327 e. The first-order valence-electron chi connectivity index (χ1n) is 4.51. The smallest absolute Gasteiger partial charge is 0.304 e. The average molecular weight is 254 g/mol. The van der Waals surface area contributed by atoms with E-state index in [1.165, 1.54) is 0 Å². The molecule has 0 atom stereocenters. The van der Waals surface area contributed by atoms with Crippen LogP contribution >= 0.6 is 15.9 Å². The van der Waals surface area contributed by atoms with Gasteiger partial charge in [-0.15, -0.1) is 0 Å². The standard InChI is InChI=1S/C9H8BrN3O/c10-5-3-7-8(11-4-5)13(6-1-2-6)9(14)12-7/h3-4,6H,1-2H2,(H,12,14). The summed E-state index contributed by atoms with van der Waals surface area (Å²) in [6, 6.07) is 2.24. The molecule has 2 aromatic heterocycles. The van der Waals surface area contributed by atoms with E-state index >= 15 is 0 Å². The molecule has 0 amide bonds. The van der Waals surface area contributed by atoms with Gasteiger partial charge in [0.25, 0.3) is 0 Å². The molecule has 1 fully saturated rings. The summed E-state index contributed by atoms with van der Waals surface area (Å²) in [5.74, 6) is 0. The number of rotatable bonds is 1. The number of aromatic amines is 1. The maximum Gasteiger partial charge on any atom is 0.327 e. The van der Waals surface area contributed by atoms with Gasteiger partial charge in [-0.25, -0.2) is 9.78 Å². The monoisotopic (exact) mass is 253 g/mol. The predicted octanol–water partition coefficient (Wildman–Crippen LogP) is 1.82. The zero-order valence-corrected chi connectivity index (χ0v) is 8.91. The molecule has 1 N–H and O–H groups in total. The van der Waals surface area contributed by atoms with Crippen molar-refractivity contribution in [1.82, 2.24) is 14.5 Å². The normalized spacial score (nSPS) is 16.4. The fourth-order valence-electron chi connectivity index (χ4n) is 1.66. The zero-order chi connectivity index (χ0) is 9.71. The zero-order valence-electron chi connectivity index (χ0n) is 7.33. The van der Waals surface area contributed by atoms with Gasteiger partial charge in [0.2, 0.25) is 0 Å². The van der Waals surface area contributed by atoms with E-state index in [0.29, 0.717) is 6.04 Å². The summed E-state index contributed by atoms with van der Waals surface area (Å²) in [5.41, 5.74) is 1.52. The second-order valence-electron chi connectivity index (χ2n) is 3.56. The summed E-state index contributed by atoms with van der Waals surface area (Å²) in [7, 11) is 0. The van der Waals surface area contributed by atoms with E-state index in [0.717, 1.165) is 28.5 Å². The Morgan fingerprint density at radius 1 is 1.57 bits per heavy atom. The minimum absolute atomic E-state index is 0.0481. The first-order chi connectivity index (χ1) is 6.75. The van der Waals surface area contributed by atoms with Gasteiger partial charge >= 0.3 is 5.69 Å². The molecule has 4 nitrogen and oxygen atoms in total. The van der Waals surface area contributed by atoms with E-state index in [4.69, 9.17) is 0 Å². The Kier molecular flexibility index (Phi) is 1.58. The summed E-state index contributed by atoms with van der Waals surface area (Å²) >= 11 is 3.33. The summed E-state index contributed by atoms with van der Waals surface area (Å²) in [6.45, 7) is 0. The van der Waals surface area contributed by atoms with E-state index < -0.39 is 0 Å². The molecule has 14 heavy (non-hydrogen) atoms. The number of pyridine rings is 1. The average Bonchev–Trinajstić information content (AvgIpc) is 2.89. The van der Waals surface area contributed by atoms with Crippen LogP contribution in [0.15, 0.2) is 21.5 Å². The highest BCUT2D eigenvalue weighted by molar-refractivity contribution is 9.10. The van der Waals surface area contributed by atoms with Crippen molar-refractivity contribution in [3.8, 4) is 0 Å². The van der Waals surface area contributed by atoms with Crippen molar-refractivity contribution < 1.29 is 0 Å². The minimum Gasteiger partial charge on any atom is -0.304 e. The van der Waals surface area contributed by atoms with Crippen LogP contribution in [0.25, 0.3) is 11.2 Å². The number of H-pyrrole nitrogens is 1. The van der Waals surface area contributed by atoms with Gasteiger partial charge < -0.3 is 4.98 Å². The van der Waals surface area contributed by atoms with Crippen molar-refractivity contribution in [1.29, 1.82) is 0 Å². The van der Waals surface area contributed by atoms with Gasteiger partial charge in [-0.3, -0.25) is 4.57 Å². The van der Waals surface area contributed by atoms with Crippen LogP contribution in [-0.4, -0.2) is 14.5 Å². The lowest BCUT2D eigenvalue weighted by molar-refractivity contribution is 0.726. The van der Waals surface area contributed by atoms with Crippen molar-refractivity contribution in [2.75, 3.05) is 0 Å². The Morgan fingerprint density at radius 2 is 2.36 bits per heavy atom. The van der Waals surface area contributed by atoms with Crippen LogP contribution in [-0.2, 0) is 0 Å². The Labute approximate surface area is 88.1 Å². The van der Waals surface area contributed by atoms with E-state index in [1.54, 1.807) is 10.8 Å². The van der Waals surface area contributed by atoms with Gasteiger partial charge in [0, 0.05) is 16.7 Å². The quantitative estimate of drug-likeness (QED) is 0.843. The number of halogens is 1. The molecule has 1 saturated carbocycles. The van der Waals surface area contributed by atoms with E-state index in [9.17, 15) is 4.79 Å². The fourth-order valence-corrected chi connectivity index (χ4v) is 1.99. The van der Waals surface area contributed by atoms with Gasteiger partial charge in [0.1, 0.15) is 0 Å². The second-order valence-corrected chi connectivity index (χ2v) is 4.47. The van der Waals surface area contributed by atoms with Gasteiger partial charge in [0.05, 0.1) is 5.52 Å². The van der Waals surface area contributed by atoms with Crippen LogP contribution in [0, 0.1) is 0 Å². The third-order valence-electron chi connectivity index (χ3n) is 2.43. The molecule has 0 unspecified atom stereocenters. The first-order valence-corrected chi connectivity index (χ1v) is 5.31. The molecule has 1 aliphatic carbocycles. The van der Waals surface area contributed by atoms with Crippen LogP contribution in [0.2, 0.25) is 0 Å². The Balaban J connectivity index is 2.37.